The molecule has 1 heterocycles. The van der Waals surface area contributed by atoms with Crippen molar-refractivity contribution >= 4 is 23.4 Å². The van der Waals surface area contributed by atoms with Crippen LogP contribution in [0.5, 0.6) is 0 Å². The number of carbonyl (C=O) groups is 1. The summed E-state index contributed by atoms with van der Waals surface area (Å²) in [6.45, 7) is 6.55. The van der Waals surface area contributed by atoms with E-state index in [1.54, 1.807) is 6.21 Å². The van der Waals surface area contributed by atoms with E-state index >= 15 is 0 Å². The minimum absolute atomic E-state index is 0.00188. The fourth-order valence-corrected chi connectivity index (χ4v) is 3.26. The van der Waals surface area contributed by atoms with Gasteiger partial charge in [0.1, 0.15) is 0 Å². The second-order valence-electron chi connectivity index (χ2n) is 7.27. The average molecular weight is 347 g/mol. The highest BCUT2D eigenvalue weighted by Gasteiger charge is 2.28. The van der Waals surface area contributed by atoms with Crippen molar-refractivity contribution in [3.05, 3.63) is 71.3 Å². The molecule has 0 saturated carbocycles. The molecule has 1 amide bonds. The molecule has 4 nitrogen and oxygen atoms in total. The number of amides is 1. The van der Waals surface area contributed by atoms with Gasteiger partial charge in [0.25, 0.3) is 0 Å². The first-order chi connectivity index (χ1) is 12.4. The van der Waals surface area contributed by atoms with Gasteiger partial charge >= 0.3 is 0 Å². The van der Waals surface area contributed by atoms with Crippen LogP contribution < -0.4 is 10.3 Å². The van der Waals surface area contributed by atoms with E-state index in [9.17, 15) is 4.79 Å². The number of nitrogens with one attached hydrogen (secondary N) is 1. The fourth-order valence-electron chi connectivity index (χ4n) is 3.26. The molecule has 4 heteroatoms. The highest BCUT2D eigenvalue weighted by molar-refractivity contribution is 5.88. The molecule has 0 bridgehead atoms. The monoisotopic (exact) mass is 347 g/mol. The van der Waals surface area contributed by atoms with Gasteiger partial charge in [-0.05, 0) is 49.6 Å². The summed E-state index contributed by atoms with van der Waals surface area (Å²) in [5.41, 5.74) is 8.20. The number of carbonyl (C=O) groups excluding carboxylic acids is 1. The topological polar surface area (TPSA) is 44.7 Å². The molecule has 26 heavy (non-hydrogen) atoms. The van der Waals surface area contributed by atoms with Gasteiger partial charge in [-0.3, -0.25) is 4.79 Å². The maximum Gasteiger partial charge on any atom is 0.244 e. The van der Waals surface area contributed by atoms with Crippen molar-refractivity contribution in [2.75, 3.05) is 11.9 Å². The predicted molar refractivity (Wildman–Crippen MR) is 108 cm³/mol. The highest BCUT2D eigenvalue weighted by atomic mass is 16.2. The van der Waals surface area contributed by atoms with Crippen molar-refractivity contribution in [2.45, 2.75) is 32.7 Å². The van der Waals surface area contributed by atoms with E-state index in [0.29, 0.717) is 6.42 Å². The summed E-state index contributed by atoms with van der Waals surface area (Å²) in [5.74, 6) is -0.122. The number of benzene rings is 2. The maximum absolute atomic E-state index is 12.0. The first-order valence-corrected chi connectivity index (χ1v) is 8.80. The van der Waals surface area contributed by atoms with Crippen LogP contribution >= 0.6 is 0 Å². The number of rotatable bonds is 4. The molecule has 2 aromatic carbocycles. The number of hydrogen-bond acceptors (Lipinski definition) is 3. The lowest BCUT2D eigenvalue weighted by molar-refractivity contribution is -0.120. The predicted octanol–water partition coefficient (Wildman–Crippen LogP) is 4.01. The molecule has 0 saturated heterocycles. The Morgan fingerprint density at radius 3 is 2.65 bits per heavy atom. The van der Waals surface area contributed by atoms with Gasteiger partial charge in [-0.1, -0.05) is 42.5 Å². The van der Waals surface area contributed by atoms with Crippen molar-refractivity contribution in [1.82, 2.24) is 5.43 Å². The van der Waals surface area contributed by atoms with E-state index in [1.165, 1.54) is 16.8 Å². The molecule has 1 aliphatic heterocycles. The van der Waals surface area contributed by atoms with E-state index in [-0.39, 0.29) is 11.4 Å². The second-order valence-corrected chi connectivity index (χ2v) is 7.27. The van der Waals surface area contributed by atoms with Crippen LogP contribution in [-0.4, -0.2) is 24.7 Å². The van der Waals surface area contributed by atoms with Crippen LogP contribution in [0.25, 0.3) is 5.57 Å². The first-order valence-electron chi connectivity index (χ1n) is 8.80. The minimum Gasteiger partial charge on any atom is -0.366 e. The summed E-state index contributed by atoms with van der Waals surface area (Å²) in [6, 6.07) is 15.9. The summed E-state index contributed by atoms with van der Waals surface area (Å²) < 4.78 is 0. The van der Waals surface area contributed by atoms with Gasteiger partial charge in [-0.2, -0.15) is 5.10 Å². The number of likely N-dealkylation sites (N-methyl/N-ethyl adjacent to an activating group) is 1. The number of anilines is 1. The Bertz CT molecular complexity index is 866. The van der Waals surface area contributed by atoms with Crippen LogP contribution in [0.1, 0.15) is 37.5 Å². The Balaban J connectivity index is 1.69. The molecule has 1 N–H and O–H groups in total. The zero-order valence-electron chi connectivity index (χ0n) is 15.8. The largest absolute Gasteiger partial charge is 0.366 e. The smallest absolute Gasteiger partial charge is 0.244 e. The molecule has 0 spiro atoms. The van der Waals surface area contributed by atoms with E-state index in [2.05, 4.69) is 61.5 Å². The third-order valence-corrected chi connectivity index (χ3v) is 4.85. The van der Waals surface area contributed by atoms with Crippen molar-refractivity contribution in [2.24, 2.45) is 5.10 Å². The van der Waals surface area contributed by atoms with Crippen LogP contribution in [-0.2, 0) is 11.2 Å². The van der Waals surface area contributed by atoms with E-state index in [4.69, 9.17) is 0 Å². The summed E-state index contributed by atoms with van der Waals surface area (Å²) >= 11 is 0. The fraction of sp³-hybridized carbons (Fsp3) is 0.273. The third kappa shape index (κ3) is 3.85. The normalized spacial score (nSPS) is 15.5. The van der Waals surface area contributed by atoms with Gasteiger partial charge in [-0.15, -0.1) is 0 Å². The van der Waals surface area contributed by atoms with E-state index in [1.807, 2.05) is 36.4 Å². The zero-order valence-corrected chi connectivity index (χ0v) is 15.8. The lowest BCUT2D eigenvalue weighted by atomic mass is 9.89. The van der Waals surface area contributed by atoms with Gasteiger partial charge in [0.15, 0.2) is 0 Å². The molecule has 3 rings (SSSR count). The molecule has 0 atom stereocenters. The molecule has 134 valence electrons. The molecule has 0 fully saturated rings. The van der Waals surface area contributed by atoms with Gasteiger partial charge in [0.05, 0.1) is 18.2 Å². The molecular formula is C22H25N3O. The lowest BCUT2D eigenvalue weighted by Gasteiger charge is -2.40. The number of nitrogens with zero attached hydrogens (tertiary/aromatic N) is 2. The Morgan fingerprint density at radius 2 is 1.92 bits per heavy atom. The first kappa shape index (κ1) is 17.9. The Kier molecular flexibility index (Phi) is 4.94. The Labute approximate surface area is 155 Å². The van der Waals surface area contributed by atoms with Crippen LogP contribution in [0.4, 0.5) is 5.69 Å². The highest BCUT2D eigenvalue weighted by Crippen LogP contribution is 2.37. The van der Waals surface area contributed by atoms with E-state index in [0.717, 1.165) is 11.1 Å². The molecule has 0 aromatic heterocycles. The Hall–Kier alpha value is -2.88. The van der Waals surface area contributed by atoms with Crippen LogP contribution in [0, 0.1) is 0 Å². The molecule has 2 aromatic rings. The maximum atomic E-state index is 12.0. The van der Waals surface area contributed by atoms with Gasteiger partial charge in [0.2, 0.25) is 5.91 Å². The molecule has 0 aliphatic carbocycles. The summed E-state index contributed by atoms with van der Waals surface area (Å²) in [4.78, 5) is 14.2. The number of hydrazone groups is 1. The van der Waals surface area contributed by atoms with E-state index < -0.39 is 0 Å². The molecule has 0 radical (unpaired) electrons. The molecule has 0 unspecified atom stereocenters. The SMILES string of the molecule is CC1=CC(C)(C)N(C)c2ccc(/C=N\NC(=O)Cc3ccccc3)cc21. The second kappa shape index (κ2) is 7.16. The summed E-state index contributed by atoms with van der Waals surface area (Å²) in [6.07, 6.45) is 4.29. The van der Waals surface area contributed by atoms with Crippen LogP contribution in [0.15, 0.2) is 59.7 Å². The summed E-state index contributed by atoms with van der Waals surface area (Å²) in [7, 11) is 2.11. The molecular weight excluding hydrogens is 322 g/mol. The number of allylic oxidation sites excluding steroid dienone is 1. The standard InChI is InChI=1S/C22H25N3O/c1-16-14-22(2,3)25(4)20-11-10-18(12-19(16)20)15-23-24-21(26)13-17-8-6-5-7-9-17/h5-12,14-15H,13H2,1-4H3,(H,24,26)/b23-15-. The van der Waals surface area contributed by atoms with Crippen molar-refractivity contribution in [1.29, 1.82) is 0 Å². The van der Waals surface area contributed by atoms with Gasteiger partial charge in [0, 0.05) is 18.3 Å². The number of hydrogen-bond donors (Lipinski definition) is 1. The Morgan fingerprint density at radius 1 is 1.19 bits per heavy atom. The van der Waals surface area contributed by atoms with Gasteiger partial charge in [-0.25, -0.2) is 5.43 Å². The molecule has 1 aliphatic rings. The van der Waals surface area contributed by atoms with Crippen molar-refractivity contribution < 1.29 is 4.79 Å². The van der Waals surface area contributed by atoms with Crippen molar-refractivity contribution in [3.63, 3.8) is 0 Å². The zero-order chi connectivity index (χ0) is 18.7. The third-order valence-electron chi connectivity index (χ3n) is 4.85. The lowest BCUT2D eigenvalue weighted by Crippen LogP contribution is -2.42. The number of fused-ring (bicyclic) bond motifs is 1. The van der Waals surface area contributed by atoms with Crippen molar-refractivity contribution in [3.8, 4) is 0 Å². The van der Waals surface area contributed by atoms with Crippen LogP contribution in [0.2, 0.25) is 0 Å². The minimum atomic E-state index is -0.122. The average Bonchev–Trinajstić information content (AvgIpc) is 2.60. The van der Waals surface area contributed by atoms with Crippen LogP contribution in [0.3, 0.4) is 0 Å². The quantitative estimate of drug-likeness (QED) is 0.671. The summed E-state index contributed by atoms with van der Waals surface area (Å²) in [5, 5.41) is 4.10. The van der Waals surface area contributed by atoms with Gasteiger partial charge < -0.3 is 4.90 Å².